The summed E-state index contributed by atoms with van der Waals surface area (Å²) in [5.74, 6) is 0.680. The summed E-state index contributed by atoms with van der Waals surface area (Å²) in [6.07, 6.45) is 1.91. The first-order valence-corrected chi connectivity index (χ1v) is 6.13. The smallest absolute Gasteiger partial charge is 0.243 e. The van der Waals surface area contributed by atoms with Crippen LogP contribution in [0.5, 0.6) is 0 Å². The van der Waals surface area contributed by atoms with Crippen molar-refractivity contribution in [2.75, 3.05) is 26.0 Å². The average molecular weight is 247 g/mol. The number of aromatic nitrogens is 3. The molecule has 0 unspecified atom stereocenters. The molecule has 0 amide bonds. The van der Waals surface area contributed by atoms with E-state index in [1.807, 2.05) is 25.3 Å². The quantitative estimate of drug-likeness (QED) is 0.894. The predicted octanol–water partition coefficient (Wildman–Crippen LogP) is 1.79. The van der Waals surface area contributed by atoms with Crippen molar-refractivity contribution in [1.82, 2.24) is 19.5 Å². The highest BCUT2D eigenvalue weighted by molar-refractivity contribution is 5.49. The lowest BCUT2D eigenvalue weighted by atomic mass is 10.1. The van der Waals surface area contributed by atoms with Gasteiger partial charge in [0, 0.05) is 18.3 Å². The summed E-state index contributed by atoms with van der Waals surface area (Å²) in [5.41, 5.74) is 2.10. The van der Waals surface area contributed by atoms with Gasteiger partial charge in [-0.1, -0.05) is 6.07 Å². The molecule has 2 heterocycles. The van der Waals surface area contributed by atoms with Gasteiger partial charge in [-0.15, -0.1) is 5.10 Å². The largest absolute Gasteiger partial charge is 0.351 e. The van der Waals surface area contributed by atoms with Crippen LogP contribution >= 0.6 is 0 Å². The van der Waals surface area contributed by atoms with Crippen molar-refractivity contribution in [1.29, 1.82) is 0 Å². The van der Waals surface area contributed by atoms with Crippen LogP contribution in [0.25, 0.3) is 5.65 Å². The third-order valence-corrected chi connectivity index (χ3v) is 3.45. The van der Waals surface area contributed by atoms with E-state index in [1.54, 1.807) is 4.52 Å². The van der Waals surface area contributed by atoms with Crippen LogP contribution in [0.2, 0.25) is 0 Å². The summed E-state index contributed by atoms with van der Waals surface area (Å²) in [7, 11) is 4.14. The molecular formula is C13H21N5. The minimum absolute atomic E-state index is 0.0620. The molecule has 0 bridgehead atoms. The van der Waals surface area contributed by atoms with Crippen molar-refractivity contribution in [3.8, 4) is 0 Å². The Labute approximate surface area is 108 Å². The summed E-state index contributed by atoms with van der Waals surface area (Å²) in [5, 5.41) is 7.71. The normalized spacial score (nSPS) is 12.3. The third-order valence-electron chi connectivity index (χ3n) is 3.45. The number of anilines is 1. The molecule has 2 aromatic rings. The van der Waals surface area contributed by atoms with Crippen molar-refractivity contribution in [2.24, 2.45) is 0 Å². The Hall–Kier alpha value is -1.62. The Morgan fingerprint density at radius 1 is 1.39 bits per heavy atom. The second-order valence-electron chi connectivity index (χ2n) is 5.46. The standard InChI is InChI=1S/C13H21N5/c1-10-7-6-8-18-11(10)15-12(16-18)14-9-13(2,3)17(4)5/h6-8H,9H2,1-5H3,(H,14,16). The van der Waals surface area contributed by atoms with Crippen LogP contribution in [0, 0.1) is 6.92 Å². The number of nitrogens with zero attached hydrogens (tertiary/aromatic N) is 4. The van der Waals surface area contributed by atoms with Gasteiger partial charge in [0.15, 0.2) is 5.65 Å². The van der Waals surface area contributed by atoms with Crippen LogP contribution in [0.4, 0.5) is 5.95 Å². The van der Waals surface area contributed by atoms with Crippen molar-refractivity contribution < 1.29 is 0 Å². The van der Waals surface area contributed by atoms with Crippen LogP contribution in [0.15, 0.2) is 18.3 Å². The Kier molecular flexibility index (Phi) is 3.26. The zero-order valence-electron chi connectivity index (χ0n) is 11.7. The molecule has 0 saturated heterocycles. The summed E-state index contributed by atoms with van der Waals surface area (Å²) in [6, 6.07) is 4.02. The fraction of sp³-hybridized carbons (Fsp3) is 0.538. The van der Waals surface area contributed by atoms with Gasteiger partial charge in [-0.3, -0.25) is 0 Å². The van der Waals surface area contributed by atoms with Gasteiger partial charge < -0.3 is 10.2 Å². The highest BCUT2D eigenvalue weighted by Crippen LogP contribution is 2.13. The maximum absolute atomic E-state index is 4.50. The van der Waals surface area contributed by atoms with Crippen LogP contribution in [0.1, 0.15) is 19.4 Å². The zero-order valence-corrected chi connectivity index (χ0v) is 11.7. The van der Waals surface area contributed by atoms with E-state index in [0.29, 0.717) is 5.95 Å². The van der Waals surface area contributed by atoms with Gasteiger partial charge in [0.05, 0.1) is 0 Å². The number of fused-ring (bicyclic) bond motifs is 1. The fourth-order valence-electron chi connectivity index (χ4n) is 1.57. The Morgan fingerprint density at radius 3 is 2.72 bits per heavy atom. The molecule has 2 aromatic heterocycles. The van der Waals surface area contributed by atoms with Crippen LogP contribution in [-0.2, 0) is 0 Å². The summed E-state index contributed by atoms with van der Waals surface area (Å²) in [6.45, 7) is 7.20. The molecule has 0 aliphatic rings. The SMILES string of the molecule is Cc1cccn2nc(NCC(C)(C)N(C)C)nc12. The Bertz CT molecular complexity index is 541. The number of rotatable bonds is 4. The predicted molar refractivity (Wildman–Crippen MR) is 74.0 cm³/mol. The molecule has 0 aliphatic carbocycles. The molecular weight excluding hydrogens is 226 g/mol. The maximum atomic E-state index is 4.50. The minimum atomic E-state index is 0.0620. The van der Waals surface area contributed by atoms with Gasteiger partial charge in [-0.25, -0.2) is 4.52 Å². The molecule has 0 atom stereocenters. The van der Waals surface area contributed by atoms with E-state index in [-0.39, 0.29) is 5.54 Å². The van der Waals surface area contributed by atoms with Gasteiger partial charge in [0.25, 0.3) is 0 Å². The third kappa shape index (κ3) is 2.46. The van der Waals surface area contributed by atoms with E-state index in [2.05, 4.69) is 48.2 Å². The topological polar surface area (TPSA) is 45.5 Å². The lowest BCUT2D eigenvalue weighted by Gasteiger charge is -2.32. The number of hydrogen-bond donors (Lipinski definition) is 1. The van der Waals surface area contributed by atoms with Gasteiger partial charge in [0.1, 0.15) is 0 Å². The molecule has 18 heavy (non-hydrogen) atoms. The maximum Gasteiger partial charge on any atom is 0.243 e. The molecule has 98 valence electrons. The fourth-order valence-corrected chi connectivity index (χ4v) is 1.57. The molecule has 0 aromatic carbocycles. The molecule has 0 spiro atoms. The summed E-state index contributed by atoms with van der Waals surface area (Å²) in [4.78, 5) is 6.68. The van der Waals surface area contributed by atoms with Crippen molar-refractivity contribution in [3.63, 3.8) is 0 Å². The second-order valence-corrected chi connectivity index (χ2v) is 5.46. The number of likely N-dealkylation sites (N-methyl/N-ethyl adjacent to an activating group) is 1. The molecule has 0 aliphatic heterocycles. The molecule has 0 saturated carbocycles. The molecule has 1 N–H and O–H groups in total. The molecule has 2 rings (SSSR count). The van der Waals surface area contributed by atoms with Crippen LogP contribution in [-0.4, -0.2) is 45.7 Å². The van der Waals surface area contributed by atoms with Gasteiger partial charge in [-0.2, -0.15) is 4.98 Å². The molecule has 5 heteroatoms. The molecule has 0 radical (unpaired) electrons. The zero-order chi connectivity index (χ0) is 13.3. The molecule has 5 nitrogen and oxygen atoms in total. The van der Waals surface area contributed by atoms with E-state index in [4.69, 9.17) is 0 Å². The minimum Gasteiger partial charge on any atom is -0.351 e. The second kappa shape index (κ2) is 4.57. The number of hydrogen-bond acceptors (Lipinski definition) is 4. The Balaban J connectivity index is 2.16. The monoisotopic (exact) mass is 247 g/mol. The first-order valence-electron chi connectivity index (χ1n) is 6.13. The van der Waals surface area contributed by atoms with E-state index < -0.39 is 0 Å². The van der Waals surface area contributed by atoms with Gasteiger partial charge >= 0.3 is 0 Å². The number of nitrogens with one attached hydrogen (secondary N) is 1. The van der Waals surface area contributed by atoms with E-state index >= 15 is 0 Å². The lowest BCUT2D eigenvalue weighted by Crippen LogP contribution is -2.44. The van der Waals surface area contributed by atoms with E-state index in [1.165, 1.54) is 0 Å². The Morgan fingerprint density at radius 2 is 2.11 bits per heavy atom. The first-order chi connectivity index (χ1) is 8.40. The van der Waals surface area contributed by atoms with Crippen LogP contribution < -0.4 is 5.32 Å². The highest BCUT2D eigenvalue weighted by atomic mass is 15.3. The van der Waals surface area contributed by atoms with E-state index in [0.717, 1.165) is 17.8 Å². The number of aryl methyl sites for hydroxylation is 1. The molecule has 0 fully saturated rings. The van der Waals surface area contributed by atoms with Crippen molar-refractivity contribution in [3.05, 3.63) is 23.9 Å². The highest BCUT2D eigenvalue weighted by Gasteiger charge is 2.20. The average Bonchev–Trinajstić information content (AvgIpc) is 2.71. The lowest BCUT2D eigenvalue weighted by molar-refractivity contribution is 0.210. The van der Waals surface area contributed by atoms with Gasteiger partial charge in [0.2, 0.25) is 5.95 Å². The first kappa shape index (κ1) is 12.8. The number of pyridine rings is 1. The van der Waals surface area contributed by atoms with E-state index in [9.17, 15) is 0 Å². The summed E-state index contributed by atoms with van der Waals surface area (Å²) < 4.78 is 1.81. The van der Waals surface area contributed by atoms with Crippen molar-refractivity contribution >= 4 is 11.6 Å². The van der Waals surface area contributed by atoms with Crippen molar-refractivity contribution in [2.45, 2.75) is 26.3 Å². The van der Waals surface area contributed by atoms with Crippen LogP contribution in [0.3, 0.4) is 0 Å². The summed E-state index contributed by atoms with van der Waals surface area (Å²) >= 11 is 0. The van der Waals surface area contributed by atoms with Gasteiger partial charge in [-0.05, 0) is 46.5 Å².